The first-order valence-electron chi connectivity index (χ1n) is 7.20. The number of anilines is 1. The van der Waals surface area contributed by atoms with Gasteiger partial charge in [0.05, 0.1) is 12.6 Å². The van der Waals surface area contributed by atoms with Crippen LogP contribution in [0.5, 0.6) is 0 Å². The van der Waals surface area contributed by atoms with Gasteiger partial charge in [-0.25, -0.2) is 0 Å². The second kappa shape index (κ2) is 6.48. The van der Waals surface area contributed by atoms with Crippen molar-refractivity contribution in [3.63, 3.8) is 0 Å². The van der Waals surface area contributed by atoms with Crippen molar-refractivity contribution in [1.82, 2.24) is 5.32 Å². The maximum absolute atomic E-state index is 9.16. The average Bonchev–Trinajstić information content (AvgIpc) is 2.56. The predicted molar refractivity (Wildman–Crippen MR) is 86.8 cm³/mol. The first kappa shape index (κ1) is 14.4. The van der Waals surface area contributed by atoms with E-state index in [1.165, 1.54) is 11.3 Å². The number of piperazine rings is 1. The summed E-state index contributed by atoms with van der Waals surface area (Å²) >= 11 is 5.98. The summed E-state index contributed by atoms with van der Waals surface area (Å²) in [6.07, 6.45) is 0. The molecule has 3 rings (SSSR count). The fraction of sp³-hybridized carbons (Fsp3) is 0.294. The average molecular weight is 303 g/mol. The molecule has 0 amide bonds. The van der Waals surface area contributed by atoms with Crippen molar-refractivity contribution >= 4 is 17.3 Å². The van der Waals surface area contributed by atoms with Gasteiger partial charge in [-0.15, -0.1) is 0 Å². The molecule has 2 aromatic carbocycles. The highest BCUT2D eigenvalue weighted by molar-refractivity contribution is 6.30. The molecule has 0 saturated carbocycles. The van der Waals surface area contributed by atoms with Crippen molar-refractivity contribution in [3.05, 3.63) is 64.7 Å². The van der Waals surface area contributed by atoms with E-state index in [0.717, 1.165) is 30.2 Å². The SMILES string of the molecule is OCc1ccc(N2CCNC[C@H]2c2ccc(Cl)cc2)cc1. The standard InChI is InChI=1S/C17H19ClN2O/c18-15-5-3-14(4-6-15)17-11-19-9-10-20(17)16-7-1-13(12-21)2-8-16/h1-8,17,19,21H,9-12H2/t17-/m0/s1. The Morgan fingerprint density at radius 2 is 1.81 bits per heavy atom. The van der Waals surface area contributed by atoms with Crippen LogP contribution in [0.3, 0.4) is 0 Å². The van der Waals surface area contributed by atoms with Crippen molar-refractivity contribution in [2.45, 2.75) is 12.6 Å². The Kier molecular flexibility index (Phi) is 4.44. The van der Waals surface area contributed by atoms with Gasteiger partial charge in [-0.1, -0.05) is 35.9 Å². The number of hydrogen-bond donors (Lipinski definition) is 2. The smallest absolute Gasteiger partial charge is 0.0681 e. The number of benzene rings is 2. The van der Waals surface area contributed by atoms with E-state index in [0.29, 0.717) is 6.04 Å². The van der Waals surface area contributed by atoms with E-state index in [1.54, 1.807) is 0 Å². The second-order valence-corrected chi connectivity index (χ2v) is 5.73. The summed E-state index contributed by atoms with van der Waals surface area (Å²) in [5.74, 6) is 0. The Bertz CT molecular complexity index is 583. The van der Waals surface area contributed by atoms with Crippen LogP contribution in [0.15, 0.2) is 48.5 Å². The molecular formula is C17H19ClN2O. The third-order valence-corrected chi connectivity index (χ3v) is 4.20. The van der Waals surface area contributed by atoms with Gasteiger partial charge in [-0.2, -0.15) is 0 Å². The lowest BCUT2D eigenvalue weighted by molar-refractivity contribution is 0.282. The molecule has 4 heteroatoms. The first-order valence-corrected chi connectivity index (χ1v) is 7.58. The number of halogens is 1. The third-order valence-electron chi connectivity index (χ3n) is 3.95. The molecule has 1 aliphatic rings. The lowest BCUT2D eigenvalue weighted by Gasteiger charge is -2.38. The molecule has 1 heterocycles. The molecular weight excluding hydrogens is 284 g/mol. The third kappa shape index (κ3) is 3.21. The Morgan fingerprint density at radius 1 is 1.10 bits per heavy atom. The quantitative estimate of drug-likeness (QED) is 0.915. The Balaban J connectivity index is 1.88. The molecule has 0 radical (unpaired) electrons. The van der Waals surface area contributed by atoms with Crippen LogP contribution in [-0.2, 0) is 6.61 Å². The number of hydrogen-bond acceptors (Lipinski definition) is 3. The van der Waals surface area contributed by atoms with E-state index in [4.69, 9.17) is 16.7 Å². The molecule has 21 heavy (non-hydrogen) atoms. The summed E-state index contributed by atoms with van der Waals surface area (Å²) in [6.45, 7) is 2.95. The van der Waals surface area contributed by atoms with Gasteiger partial charge in [0.25, 0.3) is 0 Å². The Hall–Kier alpha value is -1.55. The van der Waals surface area contributed by atoms with Crippen LogP contribution in [0.1, 0.15) is 17.2 Å². The van der Waals surface area contributed by atoms with Crippen molar-refractivity contribution in [2.24, 2.45) is 0 Å². The minimum absolute atomic E-state index is 0.0858. The molecule has 0 unspecified atom stereocenters. The van der Waals surface area contributed by atoms with Crippen molar-refractivity contribution in [3.8, 4) is 0 Å². The zero-order chi connectivity index (χ0) is 14.7. The maximum atomic E-state index is 9.16. The molecule has 1 fully saturated rings. The zero-order valence-corrected chi connectivity index (χ0v) is 12.6. The van der Waals surface area contributed by atoms with Gasteiger partial charge in [-0.3, -0.25) is 0 Å². The van der Waals surface area contributed by atoms with Crippen LogP contribution in [0.25, 0.3) is 0 Å². The van der Waals surface area contributed by atoms with Gasteiger partial charge in [0.1, 0.15) is 0 Å². The number of rotatable bonds is 3. The van der Waals surface area contributed by atoms with Crippen molar-refractivity contribution in [2.75, 3.05) is 24.5 Å². The largest absolute Gasteiger partial charge is 0.392 e. The molecule has 0 aromatic heterocycles. The lowest BCUT2D eigenvalue weighted by atomic mass is 10.0. The second-order valence-electron chi connectivity index (χ2n) is 5.29. The van der Waals surface area contributed by atoms with Gasteiger partial charge in [0, 0.05) is 30.3 Å². The molecule has 2 N–H and O–H groups in total. The molecule has 0 aliphatic carbocycles. The Labute approximate surface area is 130 Å². The first-order chi connectivity index (χ1) is 10.3. The minimum Gasteiger partial charge on any atom is -0.392 e. The van der Waals surface area contributed by atoms with Crippen LogP contribution < -0.4 is 10.2 Å². The van der Waals surface area contributed by atoms with Crippen LogP contribution in [-0.4, -0.2) is 24.7 Å². The van der Waals surface area contributed by atoms with Crippen molar-refractivity contribution in [1.29, 1.82) is 0 Å². The molecule has 1 saturated heterocycles. The van der Waals surface area contributed by atoms with Gasteiger partial charge >= 0.3 is 0 Å². The highest BCUT2D eigenvalue weighted by atomic mass is 35.5. The fourth-order valence-corrected chi connectivity index (χ4v) is 2.91. The maximum Gasteiger partial charge on any atom is 0.0681 e. The van der Waals surface area contributed by atoms with Gasteiger partial charge < -0.3 is 15.3 Å². The van der Waals surface area contributed by atoms with E-state index in [2.05, 4.69) is 34.5 Å². The lowest BCUT2D eigenvalue weighted by Crippen LogP contribution is -2.46. The molecule has 2 aromatic rings. The number of nitrogens with zero attached hydrogens (tertiary/aromatic N) is 1. The van der Waals surface area contributed by atoms with E-state index in [1.807, 2.05) is 24.3 Å². The summed E-state index contributed by atoms with van der Waals surface area (Å²) in [7, 11) is 0. The fourth-order valence-electron chi connectivity index (χ4n) is 2.79. The zero-order valence-electron chi connectivity index (χ0n) is 11.8. The summed E-state index contributed by atoms with van der Waals surface area (Å²) in [5, 5.41) is 13.4. The monoisotopic (exact) mass is 302 g/mol. The topological polar surface area (TPSA) is 35.5 Å². The molecule has 110 valence electrons. The summed E-state index contributed by atoms with van der Waals surface area (Å²) in [6, 6.07) is 16.5. The Morgan fingerprint density at radius 3 is 2.48 bits per heavy atom. The highest BCUT2D eigenvalue weighted by Gasteiger charge is 2.23. The number of aliphatic hydroxyl groups excluding tert-OH is 1. The summed E-state index contributed by atoms with van der Waals surface area (Å²) in [4.78, 5) is 2.40. The van der Waals surface area contributed by atoms with Gasteiger partial charge in [0.15, 0.2) is 0 Å². The van der Waals surface area contributed by atoms with Crippen LogP contribution in [0.2, 0.25) is 5.02 Å². The number of aliphatic hydroxyl groups is 1. The molecule has 1 aliphatic heterocycles. The minimum atomic E-state index is 0.0858. The van der Waals surface area contributed by atoms with E-state index in [9.17, 15) is 0 Å². The van der Waals surface area contributed by atoms with Crippen LogP contribution in [0.4, 0.5) is 5.69 Å². The normalized spacial score (nSPS) is 18.8. The van der Waals surface area contributed by atoms with Gasteiger partial charge in [0.2, 0.25) is 0 Å². The van der Waals surface area contributed by atoms with E-state index < -0.39 is 0 Å². The van der Waals surface area contributed by atoms with Gasteiger partial charge in [-0.05, 0) is 35.4 Å². The van der Waals surface area contributed by atoms with E-state index in [-0.39, 0.29) is 6.61 Å². The van der Waals surface area contributed by atoms with Crippen LogP contribution >= 0.6 is 11.6 Å². The molecule has 3 nitrogen and oxygen atoms in total. The van der Waals surface area contributed by atoms with Crippen molar-refractivity contribution < 1.29 is 5.11 Å². The highest BCUT2D eigenvalue weighted by Crippen LogP contribution is 2.29. The number of nitrogens with one attached hydrogen (secondary N) is 1. The molecule has 0 bridgehead atoms. The van der Waals surface area contributed by atoms with E-state index >= 15 is 0 Å². The summed E-state index contributed by atoms with van der Waals surface area (Å²) in [5.41, 5.74) is 3.39. The summed E-state index contributed by atoms with van der Waals surface area (Å²) < 4.78 is 0. The molecule has 0 spiro atoms. The van der Waals surface area contributed by atoms with Crippen LogP contribution in [0, 0.1) is 0 Å². The predicted octanol–water partition coefficient (Wildman–Crippen LogP) is 2.98. The molecule has 1 atom stereocenters.